The second kappa shape index (κ2) is 10.4. The van der Waals surface area contributed by atoms with E-state index in [1.807, 2.05) is 6.92 Å². The van der Waals surface area contributed by atoms with Crippen LogP contribution < -0.4 is 0 Å². The zero-order valence-corrected chi connectivity index (χ0v) is 18.5. The molecule has 1 amide bonds. The number of hydrogen-bond acceptors (Lipinski definition) is 6. The minimum atomic E-state index is -3.41. The second-order valence-electron chi connectivity index (χ2n) is 8.08. The van der Waals surface area contributed by atoms with Gasteiger partial charge in [-0.2, -0.15) is 0 Å². The first kappa shape index (κ1) is 22.7. The number of sulfone groups is 1. The summed E-state index contributed by atoms with van der Waals surface area (Å²) in [5, 5.41) is 0. The lowest BCUT2D eigenvalue weighted by Crippen LogP contribution is -2.45. The average Bonchev–Trinajstić information content (AvgIpc) is 2.95. The molecular weight excluding hydrogens is 404 g/mol. The van der Waals surface area contributed by atoms with E-state index in [0.29, 0.717) is 31.0 Å². The molecule has 3 rings (SSSR count). The number of amides is 1. The van der Waals surface area contributed by atoms with E-state index in [9.17, 15) is 18.0 Å². The third-order valence-corrected chi connectivity index (χ3v) is 7.81. The number of carbonyl (C=O) groups excluding carboxylic acids is 2. The van der Waals surface area contributed by atoms with Gasteiger partial charge in [0.25, 0.3) is 0 Å². The summed E-state index contributed by atoms with van der Waals surface area (Å²) in [5.41, 5.74) is 0. The summed E-state index contributed by atoms with van der Waals surface area (Å²) in [4.78, 5) is 29.0. The molecule has 2 saturated heterocycles. The number of carbonyl (C=O) groups is 2. The molecule has 2 atom stereocenters. The van der Waals surface area contributed by atoms with Crippen molar-refractivity contribution in [2.45, 2.75) is 50.0 Å². The summed E-state index contributed by atoms with van der Waals surface area (Å²) in [6, 6.07) is 8.61. The van der Waals surface area contributed by atoms with Crippen LogP contribution in [0.25, 0.3) is 0 Å². The number of hydrogen-bond donors (Lipinski definition) is 0. The van der Waals surface area contributed by atoms with Gasteiger partial charge < -0.3 is 9.64 Å². The van der Waals surface area contributed by atoms with Gasteiger partial charge in [0.15, 0.2) is 9.84 Å². The predicted octanol–water partition coefficient (Wildman–Crippen LogP) is 2.12. The summed E-state index contributed by atoms with van der Waals surface area (Å²) < 4.78 is 30.3. The predicted molar refractivity (Wildman–Crippen MR) is 114 cm³/mol. The van der Waals surface area contributed by atoms with Crippen LogP contribution in [-0.4, -0.2) is 74.7 Å². The lowest BCUT2D eigenvalue weighted by atomic mass is 9.95. The van der Waals surface area contributed by atoms with Crippen LogP contribution in [0.3, 0.4) is 0 Å². The van der Waals surface area contributed by atoms with Crippen LogP contribution in [0.4, 0.5) is 0 Å². The van der Waals surface area contributed by atoms with Crippen LogP contribution in [0.1, 0.15) is 39.0 Å². The molecule has 0 aliphatic carbocycles. The van der Waals surface area contributed by atoms with Crippen molar-refractivity contribution < 1.29 is 22.7 Å². The minimum Gasteiger partial charge on any atom is -0.466 e. The molecule has 2 aliphatic rings. The number of ether oxygens (including phenoxy) is 1. The quantitative estimate of drug-likeness (QED) is 0.609. The van der Waals surface area contributed by atoms with Gasteiger partial charge in [0.2, 0.25) is 5.91 Å². The normalized spacial score (nSPS) is 23.8. The Morgan fingerprint density at radius 3 is 2.63 bits per heavy atom. The number of likely N-dealkylation sites (tertiary alicyclic amines) is 2. The van der Waals surface area contributed by atoms with Crippen molar-refractivity contribution in [2.24, 2.45) is 5.92 Å². The molecule has 0 saturated carbocycles. The Morgan fingerprint density at radius 1 is 1.13 bits per heavy atom. The van der Waals surface area contributed by atoms with Gasteiger partial charge in [0, 0.05) is 32.1 Å². The van der Waals surface area contributed by atoms with Gasteiger partial charge in [-0.15, -0.1) is 0 Å². The topological polar surface area (TPSA) is 84.0 Å². The van der Waals surface area contributed by atoms with Crippen molar-refractivity contribution in [2.75, 3.05) is 38.5 Å². The Balaban J connectivity index is 1.55. The van der Waals surface area contributed by atoms with Crippen molar-refractivity contribution in [3.8, 4) is 0 Å². The summed E-state index contributed by atoms with van der Waals surface area (Å²) >= 11 is 0. The van der Waals surface area contributed by atoms with Crippen LogP contribution in [0.5, 0.6) is 0 Å². The third-order valence-electron chi connectivity index (χ3n) is 6.10. The molecule has 0 N–H and O–H groups in total. The number of rotatable bonds is 7. The highest BCUT2D eigenvalue weighted by Crippen LogP contribution is 2.25. The minimum absolute atomic E-state index is 0.0136. The highest BCUT2D eigenvalue weighted by molar-refractivity contribution is 7.91. The van der Waals surface area contributed by atoms with Crippen LogP contribution in [-0.2, 0) is 24.2 Å². The van der Waals surface area contributed by atoms with Gasteiger partial charge in [-0.3, -0.25) is 14.5 Å². The summed E-state index contributed by atoms with van der Waals surface area (Å²) in [6.07, 6.45) is 3.76. The summed E-state index contributed by atoms with van der Waals surface area (Å²) in [5.74, 6) is -0.272. The van der Waals surface area contributed by atoms with Crippen molar-refractivity contribution in [1.29, 1.82) is 0 Å². The lowest BCUT2D eigenvalue weighted by molar-refractivity contribution is -0.150. The van der Waals surface area contributed by atoms with Crippen LogP contribution >= 0.6 is 0 Å². The third kappa shape index (κ3) is 5.82. The number of nitrogens with zero attached hydrogens (tertiary/aromatic N) is 2. The molecule has 166 valence electrons. The maximum atomic E-state index is 12.6. The maximum absolute atomic E-state index is 12.6. The molecule has 8 heteroatoms. The summed E-state index contributed by atoms with van der Waals surface area (Å²) in [6.45, 7) is 4.59. The molecule has 2 unspecified atom stereocenters. The molecule has 0 aromatic heterocycles. The fraction of sp³-hybridized carbons (Fsp3) is 0.636. The van der Waals surface area contributed by atoms with Gasteiger partial charge in [-0.25, -0.2) is 8.42 Å². The van der Waals surface area contributed by atoms with Crippen molar-refractivity contribution >= 4 is 21.7 Å². The molecule has 0 radical (unpaired) electrons. The smallest absolute Gasteiger partial charge is 0.310 e. The zero-order chi connectivity index (χ0) is 21.6. The molecule has 0 bridgehead atoms. The fourth-order valence-corrected chi connectivity index (χ4v) is 5.66. The van der Waals surface area contributed by atoms with Crippen molar-refractivity contribution in [1.82, 2.24) is 9.80 Å². The number of benzene rings is 1. The van der Waals surface area contributed by atoms with Crippen molar-refractivity contribution in [3.05, 3.63) is 30.3 Å². The summed E-state index contributed by atoms with van der Waals surface area (Å²) in [7, 11) is -3.41. The molecule has 2 fully saturated rings. The van der Waals surface area contributed by atoms with E-state index < -0.39 is 9.84 Å². The number of esters is 1. The number of piperidine rings is 1. The standard InChI is InChI=1S/C22H32N2O5S/c1-2-29-22(26)18-7-6-13-24(17-18)19-10-11-21(25)23(14-12-19)15-16-30(27,28)20-8-4-3-5-9-20/h3-5,8-9,18-19H,2,6-7,10-17H2,1H3. The van der Waals surface area contributed by atoms with E-state index in [2.05, 4.69) is 4.90 Å². The molecule has 0 spiro atoms. The van der Waals surface area contributed by atoms with E-state index in [-0.39, 0.29) is 36.1 Å². The Hall–Kier alpha value is -1.93. The Bertz CT molecular complexity index is 827. The van der Waals surface area contributed by atoms with Crippen LogP contribution in [0.2, 0.25) is 0 Å². The van der Waals surface area contributed by atoms with E-state index in [1.54, 1.807) is 35.2 Å². The second-order valence-corrected chi connectivity index (χ2v) is 10.2. The molecule has 2 aliphatic heterocycles. The Kier molecular flexibility index (Phi) is 7.88. The first-order chi connectivity index (χ1) is 14.4. The van der Waals surface area contributed by atoms with Gasteiger partial charge >= 0.3 is 5.97 Å². The van der Waals surface area contributed by atoms with Gasteiger partial charge in [-0.05, 0) is 51.3 Å². The molecule has 1 aromatic carbocycles. The van der Waals surface area contributed by atoms with E-state index in [1.165, 1.54) is 0 Å². The molecule has 7 nitrogen and oxygen atoms in total. The van der Waals surface area contributed by atoms with E-state index in [0.717, 1.165) is 32.2 Å². The van der Waals surface area contributed by atoms with Crippen LogP contribution in [0.15, 0.2) is 35.2 Å². The SMILES string of the molecule is CCOC(=O)C1CCCN(C2CCC(=O)N(CCS(=O)(=O)c3ccccc3)CC2)C1. The fourth-order valence-electron chi connectivity index (χ4n) is 4.39. The van der Waals surface area contributed by atoms with Gasteiger partial charge in [0.05, 0.1) is 23.2 Å². The van der Waals surface area contributed by atoms with Crippen molar-refractivity contribution in [3.63, 3.8) is 0 Å². The monoisotopic (exact) mass is 436 g/mol. The first-order valence-corrected chi connectivity index (χ1v) is 12.5. The van der Waals surface area contributed by atoms with Crippen LogP contribution in [0, 0.1) is 5.92 Å². The molecular formula is C22H32N2O5S. The first-order valence-electron chi connectivity index (χ1n) is 10.9. The molecule has 2 heterocycles. The van der Waals surface area contributed by atoms with Gasteiger partial charge in [0.1, 0.15) is 0 Å². The highest BCUT2D eigenvalue weighted by Gasteiger charge is 2.33. The Labute approximate surface area is 179 Å². The van der Waals surface area contributed by atoms with E-state index >= 15 is 0 Å². The van der Waals surface area contributed by atoms with E-state index in [4.69, 9.17) is 4.74 Å². The molecule has 1 aromatic rings. The average molecular weight is 437 g/mol. The lowest BCUT2D eigenvalue weighted by Gasteiger charge is -2.37. The highest BCUT2D eigenvalue weighted by atomic mass is 32.2. The maximum Gasteiger partial charge on any atom is 0.310 e. The zero-order valence-electron chi connectivity index (χ0n) is 17.7. The van der Waals surface area contributed by atoms with Gasteiger partial charge in [-0.1, -0.05) is 18.2 Å². The molecule has 30 heavy (non-hydrogen) atoms. The largest absolute Gasteiger partial charge is 0.466 e. The Morgan fingerprint density at radius 2 is 1.90 bits per heavy atom.